The van der Waals surface area contributed by atoms with Crippen molar-refractivity contribution in [3.05, 3.63) is 66.5 Å². The first kappa shape index (κ1) is 20.6. The number of rotatable bonds is 8. The summed E-state index contributed by atoms with van der Waals surface area (Å²) >= 11 is 0. The van der Waals surface area contributed by atoms with E-state index < -0.39 is 12.4 Å². The molecule has 0 atom stereocenters. The molecule has 0 saturated carbocycles. The lowest BCUT2D eigenvalue weighted by molar-refractivity contribution is -0.0515. The fourth-order valence-corrected chi connectivity index (χ4v) is 2.95. The summed E-state index contributed by atoms with van der Waals surface area (Å²) in [7, 11) is 0. The largest absolute Gasteiger partial charge is 0.494 e. The van der Waals surface area contributed by atoms with Crippen LogP contribution < -0.4 is 14.2 Å². The lowest BCUT2D eigenvalue weighted by Gasteiger charge is -2.15. The van der Waals surface area contributed by atoms with Gasteiger partial charge in [0.05, 0.1) is 6.61 Å². The molecule has 3 rings (SSSR count). The van der Waals surface area contributed by atoms with Crippen LogP contribution in [0.15, 0.2) is 60.7 Å². The minimum atomic E-state index is -3.09. The number of alkyl halides is 2. The molecule has 3 aromatic carbocycles. The van der Waals surface area contributed by atoms with E-state index in [1.54, 1.807) is 37.3 Å². The van der Waals surface area contributed by atoms with Crippen LogP contribution in [0, 0.1) is 5.82 Å². The molecular formula is C23H21F3O3. The van der Waals surface area contributed by atoms with Gasteiger partial charge < -0.3 is 14.2 Å². The summed E-state index contributed by atoms with van der Waals surface area (Å²) < 4.78 is 55.9. The topological polar surface area (TPSA) is 27.7 Å². The molecule has 3 nitrogen and oxygen atoms in total. The highest BCUT2D eigenvalue weighted by Gasteiger charge is 2.19. The molecule has 0 aliphatic heterocycles. The standard InChI is InChI=1S/C23H21F3O3/c1-3-5-12-28-22-20(29-23(25)26)14-17-13-16(8-11-19(17)21(22)24)15-6-9-18(10-7-15)27-4-2/h3,5-11,13-14,23H,4,12H2,1-2H3. The zero-order valence-corrected chi connectivity index (χ0v) is 16.1. The fourth-order valence-electron chi connectivity index (χ4n) is 2.95. The predicted molar refractivity (Wildman–Crippen MR) is 107 cm³/mol. The molecule has 0 heterocycles. The molecular weight excluding hydrogens is 381 g/mol. The highest BCUT2D eigenvalue weighted by molar-refractivity contribution is 5.90. The van der Waals surface area contributed by atoms with Crippen LogP contribution in [0.3, 0.4) is 0 Å². The van der Waals surface area contributed by atoms with Crippen molar-refractivity contribution in [2.75, 3.05) is 13.2 Å². The molecule has 0 aromatic heterocycles. The van der Waals surface area contributed by atoms with Gasteiger partial charge in [-0.1, -0.05) is 36.4 Å². The third-order valence-electron chi connectivity index (χ3n) is 4.27. The van der Waals surface area contributed by atoms with Gasteiger partial charge >= 0.3 is 6.61 Å². The van der Waals surface area contributed by atoms with Crippen LogP contribution >= 0.6 is 0 Å². The third kappa shape index (κ3) is 4.83. The van der Waals surface area contributed by atoms with Crippen molar-refractivity contribution < 1.29 is 27.4 Å². The Morgan fingerprint density at radius 3 is 2.34 bits per heavy atom. The van der Waals surface area contributed by atoms with Crippen molar-refractivity contribution in [3.8, 4) is 28.4 Å². The molecule has 0 radical (unpaired) electrons. The van der Waals surface area contributed by atoms with Crippen molar-refractivity contribution in [1.82, 2.24) is 0 Å². The summed E-state index contributed by atoms with van der Waals surface area (Å²) in [5, 5.41) is 0.694. The Bertz CT molecular complexity index is 998. The predicted octanol–water partition coefficient (Wildman–Crippen LogP) is 6.60. The second kappa shape index (κ2) is 9.37. The number of fused-ring (bicyclic) bond motifs is 1. The molecule has 152 valence electrons. The zero-order valence-electron chi connectivity index (χ0n) is 16.1. The Morgan fingerprint density at radius 2 is 1.69 bits per heavy atom. The summed E-state index contributed by atoms with van der Waals surface area (Å²) in [4.78, 5) is 0. The number of halogens is 3. The minimum absolute atomic E-state index is 0.0444. The summed E-state index contributed by atoms with van der Waals surface area (Å²) in [5.74, 6) is -0.650. The molecule has 0 saturated heterocycles. The molecule has 29 heavy (non-hydrogen) atoms. The molecule has 6 heteroatoms. The average Bonchev–Trinajstić information content (AvgIpc) is 2.70. The first-order valence-corrected chi connectivity index (χ1v) is 9.21. The fraction of sp³-hybridized carbons (Fsp3) is 0.217. The summed E-state index contributed by atoms with van der Waals surface area (Å²) in [5.41, 5.74) is 1.70. The summed E-state index contributed by atoms with van der Waals surface area (Å²) in [6.45, 7) is 1.20. The van der Waals surface area contributed by atoms with Gasteiger partial charge in [-0.2, -0.15) is 8.78 Å². The first-order valence-electron chi connectivity index (χ1n) is 9.21. The summed E-state index contributed by atoms with van der Waals surface area (Å²) in [6.07, 6.45) is 3.36. The molecule has 0 fully saturated rings. The van der Waals surface area contributed by atoms with Gasteiger partial charge in [0.25, 0.3) is 0 Å². The maximum Gasteiger partial charge on any atom is 0.387 e. The lowest BCUT2D eigenvalue weighted by atomic mass is 10.0. The minimum Gasteiger partial charge on any atom is -0.494 e. The van der Waals surface area contributed by atoms with E-state index >= 15 is 0 Å². The highest BCUT2D eigenvalue weighted by Crippen LogP contribution is 2.39. The zero-order chi connectivity index (χ0) is 20.8. The van der Waals surface area contributed by atoms with Crippen LogP contribution in [0.2, 0.25) is 0 Å². The molecule has 3 aromatic rings. The normalized spacial score (nSPS) is 11.4. The van der Waals surface area contributed by atoms with Crippen molar-refractivity contribution >= 4 is 10.8 Å². The van der Waals surface area contributed by atoms with Crippen molar-refractivity contribution in [1.29, 1.82) is 0 Å². The van der Waals surface area contributed by atoms with Crippen LogP contribution in [0.5, 0.6) is 17.2 Å². The van der Waals surface area contributed by atoms with E-state index in [4.69, 9.17) is 9.47 Å². The first-order chi connectivity index (χ1) is 14.0. The third-order valence-corrected chi connectivity index (χ3v) is 4.27. The van der Waals surface area contributed by atoms with E-state index in [9.17, 15) is 13.2 Å². The highest BCUT2D eigenvalue weighted by atomic mass is 19.3. The van der Waals surface area contributed by atoms with Crippen LogP contribution in [-0.2, 0) is 0 Å². The molecule has 0 aliphatic rings. The van der Waals surface area contributed by atoms with Gasteiger partial charge in [-0.15, -0.1) is 0 Å². The molecule has 0 bridgehead atoms. The number of ether oxygens (including phenoxy) is 3. The molecule has 0 amide bonds. The van der Waals surface area contributed by atoms with Gasteiger partial charge in [-0.25, -0.2) is 4.39 Å². The van der Waals surface area contributed by atoms with Crippen molar-refractivity contribution in [3.63, 3.8) is 0 Å². The number of hydrogen-bond acceptors (Lipinski definition) is 3. The number of allylic oxidation sites excluding steroid dienone is 1. The number of hydrogen-bond donors (Lipinski definition) is 0. The molecule has 0 spiro atoms. The van der Waals surface area contributed by atoms with Crippen molar-refractivity contribution in [2.45, 2.75) is 20.5 Å². The second-order valence-electron chi connectivity index (χ2n) is 6.17. The van der Waals surface area contributed by atoms with Gasteiger partial charge in [0.15, 0.2) is 17.3 Å². The van der Waals surface area contributed by atoms with Gasteiger partial charge in [0, 0.05) is 5.39 Å². The van der Waals surface area contributed by atoms with Crippen LogP contribution in [-0.4, -0.2) is 19.8 Å². The van der Waals surface area contributed by atoms with Crippen molar-refractivity contribution in [2.24, 2.45) is 0 Å². The Balaban J connectivity index is 2.04. The van der Waals surface area contributed by atoms with E-state index in [1.807, 2.05) is 31.2 Å². The van der Waals surface area contributed by atoms with Gasteiger partial charge in [0.1, 0.15) is 12.4 Å². The van der Waals surface area contributed by atoms with Gasteiger partial charge in [-0.05, 0) is 54.6 Å². The van der Waals surface area contributed by atoms with Crippen LogP contribution in [0.25, 0.3) is 21.9 Å². The van der Waals surface area contributed by atoms with E-state index in [-0.39, 0.29) is 23.5 Å². The van der Waals surface area contributed by atoms with Gasteiger partial charge in [-0.3, -0.25) is 0 Å². The van der Waals surface area contributed by atoms with E-state index in [1.165, 1.54) is 6.07 Å². The van der Waals surface area contributed by atoms with E-state index in [0.29, 0.717) is 12.0 Å². The Kier molecular flexibility index (Phi) is 6.65. The smallest absolute Gasteiger partial charge is 0.387 e. The van der Waals surface area contributed by atoms with Gasteiger partial charge in [0.2, 0.25) is 0 Å². The Morgan fingerprint density at radius 1 is 0.966 bits per heavy atom. The average molecular weight is 402 g/mol. The van der Waals surface area contributed by atoms with E-state index in [2.05, 4.69) is 4.74 Å². The number of benzene rings is 3. The second-order valence-corrected chi connectivity index (χ2v) is 6.17. The van der Waals surface area contributed by atoms with E-state index in [0.717, 1.165) is 16.9 Å². The molecule has 0 N–H and O–H groups in total. The Labute approximate surface area is 167 Å². The van der Waals surface area contributed by atoms with Crippen LogP contribution in [0.4, 0.5) is 13.2 Å². The Hall–Kier alpha value is -3.15. The lowest BCUT2D eigenvalue weighted by Crippen LogP contribution is -2.06. The quantitative estimate of drug-likeness (QED) is 0.397. The van der Waals surface area contributed by atoms with Crippen LogP contribution in [0.1, 0.15) is 13.8 Å². The maximum absolute atomic E-state index is 15.0. The SMILES string of the molecule is CC=CCOc1c(OC(F)F)cc2cc(-c3ccc(OCC)cc3)ccc2c1F. The summed E-state index contributed by atoms with van der Waals surface area (Å²) in [6, 6.07) is 13.9. The monoisotopic (exact) mass is 402 g/mol. The molecule has 0 aliphatic carbocycles. The maximum atomic E-state index is 15.0. The molecule has 0 unspecified atom stereocenters.